The van der Waals surface area contributed by atoms with Gasteiger partial charge in [0.05, 0.1) is 25.3 Å². The van der Waals surface area contributed by atoms with E-state index in [0.29, 0.717) is 83.7 Å². The highest BCUT2D eigenvalue weighted by atomic mass is 16.6. The highest BCUT2D eigenvalue weighted by Crippen LogP contribution is 2.70. The van der Waals surface area contributed by atoms with Crippen LogP contribution in [0, 0.1) is 52.3 Å². The molecule has 0 aromatic heterocycles. The zero-order valence-electron chi connectivity index (χ0n) is 47.6. The second-order valence-electron chi connectivity index (χ2n) is 25.5. The molecular weight excluding hydrogens is 1000 g/mol. The van der Waals surface area contributed by atoms with Gasteiger partial charge in [-0.3, -0.25) is 9.59 Å². The SMILES string of the molecule is CNCC1CCC2(C1)C(NCC(C)O)CC1(CC3C4CCNCC4CC4C=CCNC43)CC(CC(=O)CC(=O)C=C(CO)c3cc(OCO)c(O)cc3CC3=CNC(N)C=C3CCc3cccc(CCc4ccccc4)c3)CCC12. The maximum atomic E-state index is 14.5. The topological polar surface area (TPSA) is 210 Å². The van der Waals surface area contributed by atoms with Gasteiger partial charge in [-0.15, -0.1) is 0 Å². The number of carbonyl (C=O) groups is 2. The predicted molar refractivity (Wildman–Crippen MR) is 316 cm³/mol. The number of dihydropyridines is 1. The number of allylic oxidation sites excluding steroid dienone is 3. The number of nitrogens with one attached hydrogen (secondary N) is 5. The number of hydrogen-bond donors (Lipinski definition) is 10. The molecule has 10 rings (SSSR count). The van der Waals surface area contributed by atoms with E-state index in [0.717, 1.165) is 95.1 Å². The van der Waals surface area contributed by atoms with Crippen LogP contribution in [0.25, 0.3) is 5.57 Å². The van der Waals surface area contributed by atoms with E-state index in [1.54, 1.807) is 12.1 Å². The molecule has 1 saturated heterocycles. The molecule has 4 aliphatic carbocycles. The molecule has 1 spiro atoms. The van der Waals surface area contributed by atoms with Crippen LogP contribution in [0.15, 0.2) is 108 Å². The Morgan fingerprint density at radius 1 is 0.925 bits per heavy atom. The van der Waals surface area contributed by atoms with E-state index in [-0.39, 0.29) is 52.4 Å². The molecule has 0 radical (unpaired) electrons. The summed E-state index contributed by atoms with van der Waals surface area (Å²) in [5.74, 6) is 3.01. The molecular formula is C67H92N6O7. The first-order valence-electron chi connectivity index (χ1n) is 30.5. The summed E-state index contributed by atoms with van der Waals surface area (Å²) in [6.45, 7) is 5.36. The number of aryl methyl sites for hydroxylation is 3. The summed E-state index contributed by atoms with van der Waals surface area (Å²) in [5.41, 5.74) is 13.8. The molecule has 4 saturated carbocycles. The molecule has 13 nitrogen and oxygen atoms in total. The molecule has 13 atom stereocenters. The standard InChI is InChI=1S/C67H92N6O7/c1-43(76)37-72-63-36-66(35-59-57-20-23-70-39-53(57)26-50-12-7-22-71-65(50)59)33-47(16-18-62(66)67(63)21-19-48(34-67)38-69-2)25-55(77)31-56(78)28-54(41-74)58-32-61(80-42-75)60(79)29-51(58)27-52-40-73-64(68)30-49(52)17-15-46-11-6-10-45(24-46)14-13-44-8-4-3-5-9-44/h3-12,24,28-30,32,40,43,47-48,50,53,57,59,62-65,69-76,79H,13-23,25-27,31,33-39,41-42,68H2,1-2H3. The molecule has 3 heterocycles. The minimum Gasteiger partial charge on any atom is -0.504 e. The van der Waals surface area contributed by atoms with Crippen molar-refractivity contribution in [3.05, 3.63) is 136 Å². The summed E-state index contributed by atoms with van der Waals surface area (Å²) in [6.07, 6.45) is 24.4. The highest BCUT2D eigenvalue weighted by Gasteiger charge is 2.65. The van der Waals surface area contributed by atoms with Gasteiger partial charge in [0.15, 0.2) is 24.1 Å². The third-order valence-corrected chi connectivity index (χ3v) is 20.3. The van der Waals surface area contributed by atoms with Gasteiger partial charge in [-0.1, -0.05) is 66.7 Å². The quantitative estimate of drug-likeness (QED) is 0.0182. The van der Waals surface area contributed by atoms with Gasteiger partial charge >= 0.3 is 0 Å². The van der Waals surface area contributed by atoms with Crippen LogP contribution in [0.4, 0.5) is 0 Å². The molecule has 432 valence electrons. The molecule has 3 aromatic rings. The number of hydrogen-bond acceptors (Lipinski definition) is 13. The van der Waals surface area contributed by atoms with Crippen molar-refractivity contribution in [2.24, 2.45) is 58.0 Å². The molecule has 3 aromatic carbocycles. The number of fused-ring (bicyclic) bond motifs is 4. The van der Waals surface area contributed by atoms with Gasteiger partial charge in [0.25, 0.3) is 0 Å². The molecule has 13 unspecified atom stereocenters. The molecule has 3 aliphatic heterocycles. The first-order chi connectivity index (χ1) is 38.8. The van der Waals surface area contributed by atoms with Gasteiger partial charge < -0.3 is 57.5 Å². The molecule has 5 fully saturated rings. The van der Waals surface area contributed by atoms with Gasteiger partial charge in [0.1, 0.15) is 5.78 Å². The number of carbonyl (C=O) groups excluding carboxylic acids is 2. The number of piperidine rings is 1. The van der Waals surface area contributed by atoms with Crippen LogP contribution in [-0.4, -0.2) is 110 Å². The smallest absolute Gasteiger partial charge is 0.186 e. The molecule has 13 heteroatoms. The third kappa shape index (κ3) is 13.4. The van der Waals surface area contributed by atoms with Crippen LogP contribution in [0.1, 0.15) is 118 Å². The van der Waals surface area contributed by atoms with Crippen LogP contribution in [-0.2, 0) is 35.3 Å². The second kappa shape index (κ2) is 26.5. The Bertz CT molecular complexity index is 2740. The van der Waals surface area contributed by atoms with Crippen LogP contribution in [0.5, 0.6) is 11.5 Å². The summed E-state index contributed by atoms with van der Waals surface area (Å²) in [6, 6.07) is 23.1. The number of phenols is 1. The van der Waals surface area contributed by atoms with Crippen LogP contribution < -0.4 is 37.1 Å². The monoisotopic (exact) mass is 1090 g/mol. The van der Waals surface area contributed by atoms with Gasteiger partial charge in [-0.25, -0.2) is 0 Å². The lowest BCUT2D eigenvalue weighted by Crippen LogP contribution is -2.57. The van der Waals surface area contributed by atoms with E-state index in [4.69, 9.17) is 10.5 Å². The number of aliphatic hydroxyl groups excluding tert-OH is 3. The Hall–Kier alpha value is -4.96. The minimum absolute atomic E-state index is 0.0154. The van der Waals surface area contributed by atoms with Crippen molar-refractivity contribution >= 4 is 17.1 Å². The van der Waals surface area contributed by atoms with Crippen molar-refractivity contribution in [2.45, 2.75) is 140 Å². The minimum atomic E-state index is -0.681. The lowest BCUT2D eigenvalue weighted by atomic mass is 9.52. The first kappa shape index (κ1) is 58.2. The van der Waals surface area contributed by atoms with E-state index in [9.17, 15) is 30.0 Å². The van der Waals surface area contributed by atoms with Crippen LogP contribution in [0.3, 0.4) is 0 Å². The fourth-order valence-electron chi connectivity index (χ4n) is 17.1. The van der Waals surface area contributed by atoms with Gasteiger partial charge in [0, 0.05) is 37.8 Å². The van der Waals surface area contributed by atoms with Crippen molar-refractivity contribution in [2.75, 3.05) is 53.2 Å². The number of ketones is 2. The Balaban J connectivity index is 0.862. The summed E-state index contributed by atoms with van der Waals surface area (Å²) in [5, 5.41) is 61.3. The number of Topliss-reactive ketones (excluding diaryl/α,β-unsaturated/α-hetero) is 1. The number of benzene rings is 3. The van der Waals surface area contributed by atoms with Crippen molar-refractivity contribution in [1.29, 1.82) is 0 Å². The van der Waals surface area contributed by atoms with Gasteiger partial charge in [0.2, 0.25) is 0 Å². The van der Waals surface area contributed by atoms with Crippen molar-refractivity contribution < 1.29 is 34.8 Å². The number of aliphatic hydroxyl groups is 3. The molecule has 0 amide bonds. The summed E-state index contributed by atoms with van der Waals surface area (Å²) >= 11 is 0. The average molecular weight is 1090 g/mol. The third-order valence-electron chi connectivity index (χ3n) is 20.3. The maximum absolute atomic E-state index is 14.5. The molecule has 0 bridgehead atoms. The van der Waals surface area contributed by atoms with Crippen molar-refractivity contribution in [3.63, 3.8) is 0 Å². The van der Waals surface area contributed by atoms with E-state index >= 15 is 0 Å². The fraction of sp³-hybridized carbons (Fsp3) is 0.582. The number of nitrogens with two attached hydrogens (primary N) is 1. The number of rotatable bonds is 24. The molecule has 11 N–H and O–H groups in total. The largest absolute Gasteiger partial charge is 0.504 e. The average Bonchev–Trinajstić information content (AvgIpc) is 2.70. The Labute approximate surface area is 475 Å². The van der Waals surface area contributed by atoms with E-state index in [1.807, 2.05) is 25.3 Å². The zero-order valence-corrected chi connectivity index (χ0v) is 47.6. The Morgan fingerprint density at radius 2 is 1.73 bits per heavy atom. The van der Waals surface area contributed by atoms with Gasteiger partial charge in [-0.2, -0.15) is 0 Å². The second-order valence-corrected chi connectivity index (χ2v) is 25.5. The van der Waals surface area contributed by atoms with Gasteiger partial charge in [-0.05, 0) is 251 Å². The Morgan fingerprint density at radius 3 is 2.51 bits per heavy atom. The summed E-state index contributed by atoms with van der Waals surface area (Å²) < 4.78 is 5.44. The number of aromatic hydroxyl groups is 1. The summed E-state index contributed by atoms with van der Waals surface area (Å²) in [4.78, 5) is 28.7. The van der Waals surface area contributed by atoms with Crippen molar-refractivity contribution in [3.8, 4) is 11.5 Å². The first-order valence-corrected chi connectivity index (χ1v) is 30.5. The highest BCUT2D eigenvalue weighted by molar-refractivity contribution is 6.07. The van der Waals surface area contributed by atoms with E-state index in [2.05, 4.69) is 94.3 Å². The van der Waals surface area contributed by atoms with E-state index in [1.165, 1.54) is 54.9 Å². The fourth-order valence-corrected chi connectivity index (χ4v) is 17.1. The summed E-state index contributed by atoms with van der Waals surface area (Å²) in [7, 11) is 2.07. The lowest BCUT2D eigenvalue weighted by Gasteiger charge is -2.55. The van der Waals surface area contributed by atoms with Crippen LogP contribution in [0.2, 0.25) is 0 Å². The van der Waals surface area contributed by atoms with E-state index < -0.39 is 19.5 Å². The zero-order chi connectivity index (χ0) is 55.8. The molecule has 80 heavy (non-hydrogen) atoms. The lowest BCUT2D eigenvalue weighted by molar-refractivity contribution is -0.126. The van der Waals surface area contributed by atoms with Crippen molar-refractivity contribution in [1.82, 2.24) is 26.6 Å². The molecule has 7 aliphatic rings. The number of phenolic OH excluding ortho intramolecular Hbond substituents is 1. The normalized spacial score (nSPS) is 31.4. The van der Waals surface area contributed by atoms with Crippen LogP contribution >= 0.6 is 0 Å². The maximum Gasteiger partial charge on any atom is 0.186 e. The Kier molecular flexibility index (Phi) is 19.3. The predicted octanol–water partition coefficient (Wildman–Crippen LogP) is 7.60. The number of ether oxygens (including phenoxy) is 1.